The van der Waals surface area contributed by atoms with Gasteiger partial charge in [0.05, 0.1) is 5.69 Å². The molecule has 0 bridgehead atoms. The van der Waals surface area contributed by atoms with Crippen LogP contribution in [0.5, 0.6) is 0 Å². The van der Waals surface area contributed by atoms with Crippen LogP contribution < -0.4 is 11.1 Å². The van der Waals surface area contributed by atoms with E-state index in [0.717, 1.165) is 31.2 Å². The maximum Gasteiger partial charge on any atom is 0.279 e. The molecule has 23 heavy (non-hydrogen) atoms. The van der Waals surface area contributed by atoms with Crippen molar-refractivity contribution in [2.24, 2.45) is 5.92 Å². The molecular weight excluding hydrogens is 312 g/mol. The lowest BCUT2D eigenvalue weighted by Crippen LogP contribution is -2.33. The molecule has 0 aromatic carbocycles. The van der Waals surface area contributed by atoms with Crippen LogP contribution in [0.1, 0.15) is 35.9 Å². The SMILES string of the molecule is C[C@@H]1CCCN(Cc2csc(NC(=O)c3nccnc3N)n2)C1. The van der Waals surface area contributed by atoms with Crippen molar-refractivity contribution in [2.45, 2.75) is 26.3 Å². The first-order chi connectivity index (χ1) is 11.1. The highest BCUT2D eigenvalue weighted by Gasteiger charge is 2.18. The number of anilines is 2. The molecule has 3 rings (SSSR count). The lowest BCUT2D eigenvalue weighted by molar-refractivity contribution is 0.102. The predicted octanol–water partition coefficient (Wildman–Crippen LogP) is 2.00. The first kappa shape index (κ1) is 15.8. The molecule has 2 aromatic rings. The Morgan fingerprint density at radius 2 is 2.30 bits per heavy atom. The molecular formula is C15H20N6OS. The second kappa shape index (κ2) is 7.01. The fraction of sp³-hybridized carbons (Fsp3) is 0.467. The first-order valence-electron chi connectivity index (χ1n) is 7.66. The van der Waals surface area contributed by atoms with Crippen LogP contribution in [-0.4, -0.2) is 38.8 Å². The molecule has 3 N–H and O–H groups in total. The van der Waals surface area contributed by atoms with E-state index in [-0.39, 0.29) is 17.4 Å². The van der Waals surface area contributed by atoms with Gasteiger partial charge >= 0.3 is 0 Å². The molecule has 8 heteroatoms. The van der Waals surface area contributed by atoms with Gasteiger partial charge in [0.1, 0.15) is 0 Å². The van der Waals surface area contributed by atoms with Gasteiger partial charge in [-0.05, 0) is 25.3 Å². The molecule has 7 nitrogen and oxygen atoms in total. The largest absolute Gasteiger partial charge is 0.382 e. The Balaban J connectivity index is 1.61. The second-order valence-electron chi connectivity index (χ2n) is 5.87. The van der Waals surface area contributed by atoms with E-state index < -0.39 is 0 Å². The third-order valence-corrected chi connectivity index (χ3v) is 4.65. The molecule has 0 unspecified atom stereocenters. The zero-order chi connectivity index (χ0) is 16.2. The average molecular weight is 332 g/mol. The first-order valence-corrected chi connectivity index (χ1v) is 8.54. The summed E-state index contributed by atoms with van der Waals surface area (Å²) in [5.74, 6) is 0.466. The van der Waals surface area contributed by atoms with Gasteiger partial charge < -0.3 is 5.73 Å². The molecule has 0 radical (unpaired) electrons. The van der Waals surface area contributed by atoms with E-state index in [4.69, 9.17) is 5.73 Å². The fourth-order valence-corrected chi connectivity index (χ4v) is 3.47. The van der Waals surface area contributed by atoms with Crippen LogP contribution in [0.2, 0.25) is 0 Å². The van der Waals surface area contributed by atoms with Gasteiger partial charge in [-0.2, -0.15) is 0 Å². The summed E-state index contributed by atoms with van der Waals surface area (Å²) in [6, 6.07) is 0. The Bertz CT molecular complexity index is 688. The summed E-state index contributed by atoms with van der Waals surface area (Å²) in [7, 11) is 0. The number of piperidine rings is 1. The van der Waals surface area contributed by atoms with Crippen LogP contribution in [0.4, 0.5) is 10.9 Å². The topological polar surface area (TPSA) is 97.0 Å². The third-order valence-electron chi connectivity index (χ3n) is 3.84. The molecule has 1 aliphatic heterocycles. The van der Waals surface area contributed by atoms with Gasteiger partial charge in [0.15, 0.2) is 16.6 Å². The molecule has 0 spiro atoms. The Kier molecular flexibility index (Phi) is 4.82. The maximum absolute atomic E-state index is 12.1. The minimum absolute atomic E-state index is 0.115. The second-order valence-corrected chi connectivity index (χ2v) is 6.73. The Morgan fingerprint density at radius 3 is 3.09 bits per heavy atom. The van der Waals surface area contributed by atoms with E-state index in [1.807, 2.05) is 5.38 Å². The van der Waals surface area contributed by atoms with E-state index in [0.29, 0.717) is 5.13 Å². The lowest BCUT2D eigenvalue weighted by atomic mass is 10.0. The van der Waals surface area contributed by atoms with E-state index in [9.17, 15) is 4.79 Å². The van der Waals surface area contributed by atoms with Crippen LogP contribution in [0.15, 0.2) is 17.8 Å². The highest BCUT2D eigenvalue weighted by Crippen LogP contribution is 2.21. The molecule has 1 fully saturated rings. The summed E-state index contributed by atoms with van der Waals surface area (Å²) < 4.78 is 0. The van der Waals surface area contributed by atoms with Crippen molar-refractivity contribution in [2.75, 3.05) is 24.1 Å². The van der Waals surface area contributed by atoms with Gasteiger partial charge in [0.25, 0.3) is 5.91 Å². The van der Waals surface area contributed by atoms with Gasteiger partial charge in [-0.1, -0.05) is 6.92 Å². The number of nitrogen functional groups attached to an aromatic ring is 1. The zero-order valence-electron chi connectivity index (χ0n) is 13.0. The van der Waals surface area contributed by atoms with Gasteiger partial charge in [-0.3, -0.25) is 15.0 Å². The quantitative estimate of drug-likeness (QED) is 0.889. The molecule has 2 aromatic heterocycles. The number of likely N-dealkylation sites (tertiary alicyclic amines) is 1. The van der Waals surface area contributed by atoms with E-state index >= 15 is 0 Å². The number of rotatable bonds is 4. The Morgan fingerprint density at radius 1 is 1.48 bits per heavy atom. The molecule has 1 saturated heterocycles. The molecule has 1 atom stereocenters. The number of nitrogens with two attached hydrogens (primary N) is 1. The van der Waals surface area contributed by atoms with Crippen LogP contribution in [-0.2, 0) is 6.54 Å². The Hall–Kier alpha value is -2.06. The van der Waals surface area contributed by atoms with Crippen molar-refractivity contribution in [3.63, 3.8) is 0 Å². The summed E-state index contributed by atoms with van der Waals surface area (Å²) in [6.07, 6.45) is 5.43. The summed E-state index contributed by atoms with van der Waals surface area (Å²) in [5, 5.41) is 5.27. The zero-order valence-corrected chi connectivity index (χ0v) is 13.8. The van der Waals surface area contributed by atoms with Crippen LogP contribution >= 0.6 is 11.3 Å². The molecule has 0 saturated carbocycles. The summed E-state index contributed by atoms with van der Waals surface area (Å²) in [4.78, 5) is 26.8. The van der Waals surface area contributed by atoms with E-state index in [1.54, 1.807) is 0 Å². The minimum atomic E-state index is -0.386. The number of nitrogens with zero attached hydrogens (tertiary/aromatic N) is 4. The molecule has 122 valence electrons. The highest BCUT2D eigenvalue weighted by atomic mass is 32.1. The summed E-state index contributed by atoms with van der Waals surface area (Å²) in [5.41, 5.74) is 6.76. The Labute approximate surface area is 139 Å². The molecule has 3 heterocycles. The minimum Gasteiger partial charge on any atom is -0.382 e. The van der Waals surface area contributed by atoms with E-state index in [1.165, 1.54) is 36.6 Å². The van der Waals surface area contributed by atoms with Crippen molar-refractivity contribution in [1.29, 1.82) is 0 Å². The van der Waals surface area contributed by atoms with Gasteiger partial charge in [-0.25, -0.2) is 15.0 Å². The lowest BCUT2D eigenvalue weighted by Gasteiger charge is -2.30. The monoisotopic (exact) mass is 332 g/mol. The maximum atomic E-state index is 12.1. The predicted molar refractivity (Wildman–Crippen MR) is 90.2 cm³/mol. The van der Waals surface area contributed by atoms with Crippen molar-refractivity contribution in [3.05, 3.63) is 29.2 Å². The van der Waals surface area contributed by atoms with Crippen LogP contribution in [0.3, 0.4) is 0 Å². The summed E-state index contributed by atoms with van der Waals surface area (Å²) >= 11 is 1.41. The number of nitrogens with one attached hydrogen (secondary N) is 1. The van der Waals surface area contributed by atoms with Crippen molar-refractivity contribution in [3.8, 4) is 0 Å². The number of amides is 1. The molecule has 1 aliphatic rings. The van der Waals surface area contributed by atoms with Gasteiger partial charge in [-0.15, -0.1) is 11.3 Å². The number of thiazole rings is 1. The fourth-order valence-electron chi connectivity index (χ4n) is 2.78. The number of carbonyl (C=O) groups is 1. The highest BCUT2D eigenvalue weighted by molar-refractivity contribution is 7.13. The van der Waals surface area contributed by atoms with Crippen molar-refractivity contribution >= 4 is 28.2 Å². The number of carbonyl (C=O) groups excluding carboxylic acids is 1. The van der Waals surface area contributed by atoms with Crippen LogP contribution in [0, 0.1) is 5.92 Å². The standard InChI is InChI=1S/C15H20N6OS/c1-10-3-2-6-21(7-10)8-11-9-23-15(19-11)20-14(22)12-13(16)18-5-4-17-12/h4-5,9-10H,2-3,6-8H2,1H3,(H2,16,18)(H,19,20,22)/t10-/m1/s1. The number of aromatic nitrogens is 3. The smallest absolute Gasteiger partial charge is 0.279 e. The van der Waals surface area contributed by atoms with E-state index in [2.05, 4.69) is 32.1 Å². The van der Waals surface area contributed by atoms with Crippen LogP contribution in [0.25, 0.3) is 0 Å². The van der Waals surface area contributed by atoms with Gasteiger partial charge in [0.2, 0.25) is 0 Å². The average Bonchev–Trinajstić information content (AvgIpc) is 2.94. The number of hydrogen-bond acceptors (Lipinski definition) is 7. The molecule has 1 amide bonds. The third kappa shape index (κ3) is 4.02. The summed E-state index contributed by atoms with van der Waals surface area (Å²) in [6.45, 7) is 5.32. The normalized spacial score (nSPS) is 18.7. The molecule has 0 aliphatic carbocycles. The number of hydrogen-bond donors (Lipinski definition) is 2. The van der Waals surface area contributed by atoms with Crippen molar-refractivity contribution < 1.29 is 4.79 Å². The van der Waals surface area contributed by atoms with Crippen molar-refractivity contribution in [1.82, 2.24) is 19.9 Å². The van der Waals surface area contributed by atoms with Gasteiger partial charge in [0, 0.05) is 30.9 Å².